The molecule has 0 spiro atoms. The van der Waals surface area contributed by atoms with E-state index in [4.69, 9.17) is 22.1 Å². The number of hydrogen-bond acceptors (Lipinski definition) is 3. The number of halogens is 1. The second kappa shape index (κ2) is 3.87. The van der Waals surface area contributed by atoms with Crippen molar-refractivity contribution in [1.29, 1.82) is 0 Å². The van der Waals surface area contributed by atoms with E-state index < -0.39 is 0 Å². The first kappa shape index (κ1) is 11.1. The normalized spacial score (nSPS) is 15.4. The number of hydrogen-bond donors (Lipinski definition) is 1. The highest BCUT2D eigenvalue weighted by Crippen LogP contribution is 2.42. The van der Waals surface area contributed by atoms with Crippen molar-refractivity contribution in [2.75, 3.05) is 24.3 Å². The van der Waals surface area contributed by atoms with Crippen LogP contribution in [0.3, 0.4) is 0 Å². The van der Waals surface area contributed by atoms with Crippen LogP contribution >= 0.6 is 11.6 Å². The molecule has 1 aliphatic heterocycles. The lowest BCUT2D eigenvalue weighted by molar-refractivity contribution is -0.118. The van der Waals surface area contributed by atoms with E-state index in [0.29, 0.717) is 35.2 Å². The molecule has 0 saturated heterocycles. The van der Waals surface area contributed by atoms with Crippen LogP contribution in [0.2, 0.25) is 5.02 Å². The lowest BCUT2D eigenvalue weighted by Gasteiger charge is -2.20. The summed E-state index contributed by atoms with van der Waals surface area (Å²) in [5.41, 5.74) is 7.88. The Morgan fingerprint density at radius 2 is 2.25 bits per heavy atom. The number of amides is 1. The average molecular weight is 241 g/mol. The summed E-state index contributed by atoms with van der Waals surface area (Å²) in [6, 6.07) is 1.65. The van der Waals surface area contributed by atoms with E-state index >= 15 is 0 Å². The van der Waals surface area contributed by atoms with Crippen molar-refractivity contribution in [1.82, 2.24) is 0 Å². The zero-order valence-electron chi connectivity index (χ0n) is 9.21. The molecule has 2 N–H and O–H groups in total. The number of carbonyl (C=O) groups excluding carboxylic acids is 1. The van der Waals surface area contributed by atoms with Crippen LogP contribution < -0.4 is 15.4 Å². The Bertz CT molecular complexity index is 460. The summed E-state index contributed by atoms with van der Waals surface area (Å²) in [4.78, 5) is 13.3. The number of benzene rings is 1. The van der Waals surface area contributed by atoms with E-state index in [0.717, 1.165) is 5.56 Å². The average Bonchev–Trinajstić information content (AvgIpc) is 2.37. The summed E-state index contributed by atoms with van der Waals surface area (Å²) < 4.78 is 5.51. The van der Waals surface area contributed by atoms with Crippen LogP contribution in [-0.2, 0) is 4.79 Å². The molecule has 16 heavy (non-hydrogen) atoms. The fourth-order valence-electron chi connectivity index (χ4n) is 1.80. The monoisotopic (exact) mass is 240 g/mol. The van der Waals surface area contributed by atoms with Gasteiger partial charge >= 0.3 is 0 Å². The maximum absolute atomic E-state index is 11.7. The summed E-state index contributed by atoms with van der Waals surface area (Å²) in [6.07, 6.45) is 0.348. The predicted octanol–water partition coefficient (Wildman–Crippen LogP) is 1.98. The van der Waals surface area contributed by atoms with E-state index in [2.05, 4.69) is 0 Å². The first-order chi connectivity index (χ1) is 7.52. The van der Waals surface area contributed by atoms with E-state index in [1.54, 1.807) is 18.0 Å². The summed E-state index contributed by atoms with van der Waals surface area (Å²) in [5, 5.41) is 0.444. The second-order valence-electron chi connectivity index (χ2n) is 3.80. The van der Waals surface area contributed by atoms with Gasteiger partial charge in [0, 0.05) is 12.7 Å². The lowest BCUT2D eigenvalue weighted by Crippen LogP contribution is -2.26. The zero-order valence-corrected chi connectivity index (χ0v) is 9.97. The van der Waals surface area contributed by atoms with Gasteiger partial charge in [-0.25, -0.2) is 0 Å². The number of anilines is 2. The van der Waals surface area contributed by atoms with Gasteiger partial charge in [-0.1, -0.05) is 11.6 Å². The predicted molar refractivity (Wildman–Crippen MR) is 64.1 cm³/mol. The van der Waals surface area contributed by atoms with Crippen LogP contribution in [0, 0.1) is 6.92 Å². The van der Waals surface area contributed by atoms with Gasteiger partial charge in [0.1, 0.15) is 0 Å². The van der Waals surface area contributed by atoms with Gasteiger partial charge in [0.2, 0.25) is 5.91 Å². The van der Waals surface area contributed by atoms with Crippen molar-refractivity contribution in [2.24, 2.45) is 0 Å². The zero-order chi connectivity index (χ0) is 11.9. The van der Waals surface area contributed by atoms with Gasteiger partial charge in [-0.05, 0) is 18.6 Å². The fraction of sp³-hybridized carbons (Fsp3) is 0.364. The van der Waals surface area contributed by atoms with Crippen molar-refractivity contribution in [2.45, 2.75) is 13.3 Å². The van der Waals surface area contributed by atoms with E-state index in [9.17, 15) is 4.79 Å². The summed E-state index contributed by atoms with van der Waals surface area (Å²) in [6.45, 7) is 2.20. The van der Waals surface area contributed by atoms with Gasteiger partial charge in [-0.2, -0.15) is 0 Å². The Hall–Kier alpha value is -1.42. The van der Waals surface area contributed by atoms with E-state index in [-0.39, 0.29) is 5.91 Å². The summed E-state index contributed by atoms with van der Waals surface area (Å²) in [5.74, 6) is 0.547. The SMILES string of the molecule is Cc1c(N)cc(Cl)c2c1N(C)C(=O)CCO2. The molecule has 1 heterocycles. The highest BCUT2D eigenvalue weighted by atomic mass is 35.5. The molecule has 0 aromatic heterocycles. The Morgan fingerprint density at radius 3 is 2.94 bits per heavy atom. The molecule has 2 rings (SSSR count). The number of ether oxygens (including phenoxy) is 1. The molecule has 0 radical (unpaired) electrons. The summed E-state index contributed by atoms with van der Waals surface area (Å²) in [7, 11) is 1.71. The fourth-order valence-corrected chi connectivity index (χ4v) is 2.07. The highest BCUT2D eigenvalue weighted by Gasteiger charge is 2.25. The molecule has 1 aromatic carbocycles. The van der Waals surface area contributed by atoms with Crippen LogP contribution in [0.15, 0.2) is 6.07 Å². The van der Waals surface area contributed by atoms with Crippen molar-refractivity contribution >= 4 is 28.9 Å². The molecule has 5 heteroatoms. The highest BCUT2D eigenvalue weighted by molar-refractivity contribution is 6.33. The standard InChI is InChI=1S/C11H13ClN2O2/c1-6-8(13)5-7(12)11-10(6)14(2)9(15)3-4-16-11/h5H,3-4,13H2,1-2H3. The van der Waals surface area contributed by atoms with Gasteiger partial charge in [0.05, 0.1) is 23.7 Å². The third-order valence-electron chi connectivity index (χ3n) is 2.77. The van der Waals surface area contributed by atoms with Crippen LogP contribution in [0.1, 0.15) is 12.0 Å². The van der Waals surface area contributed by atoms with Crippen molar-refractivity contribution in [3.63, 3.8) is 0 Å². The molecule has 0 atom stereocenters. The van der Waals surface area contributed by atoms with Crippen LogP contribution in [0.5, 0.6) is 5.75 Å². The minimum Gasteiger partial charge on any atom is -0.489 e. The number of nitrogens with zero attached hydrogens (tertiary/aromatic N) is 1. The van der Waals surface area contributed by atoms with Crippen LogP contribution in [0.4, 0.5) is 11.4 Å². The van der Waals surface area contributed by atoms with Gasteiger partial charge in [0.25, 0.3) is 0 Å². The smallest absolute Gasteiger partial charge is 0.230 e. The molecule has 4 nitrogen and oxygen atoms in total. The molecule has 0 aliphatic carbocycles. The Labute approximate surface area is 98.9 Å². The maximum Gasteiger partial charge on any atom is 0.230 e. The number of nitrogens with two attached hydrogens (primary N) is 1. The third kappa shape index (κ3) is 1.59. The maximum atomic E-state index is 11.7. The first-order valence-electron chi connectivity index (χ1n) is 5.00. The van der Waals surface area contributed by atoms with Crippen molar-refractivity contribution < 1.29 is 9.53 Å². The number of rotatable bonds is 0. The molecular formula is C11H13ClN2O2. The largest absolute Gasteiger partial charge is 0.489 e. The molecule has 0 unspecified atom stereocenters. The van der Waals surface area contributed by atoms with Crippen molar-refractivity contribution in [3.8, 4) is 5.75 Å². The Balaban J connectivity index is 2.69. The molecule has 86 valence electrons. The number of nitrogen functional groups attached to an aromatic ring is 1. The van der Waals surface area contributed by atoms with Crippen LogP contribution in [-0.4, -0.2) is 19.6 Å². The van der Waals surface area contributed by atoms with Crippen molar-refractivity contribution in [3.05, 3.63) is 16.7 Å². The molecule has 0 bridgehead atoms. The second-order valence-corrected chi connectivity index (χ2v) is 4.21. The number of fused-ring (bicyclic) bond motifs is 1. The van der Waals surface area contributed by atoms with Gasteiger partial charge in [-0.15, -0.1) is 0 Å². The first-order valence-corrected chi connectivity index (χ1v) is 5.38. The molecule has 1 amide bonds. The quantitative estimate of drug-likeness (QED) is 0.706. The topological polar surface area (TPSA) is 55.6 Å². The molecular weight excluding hydrogens is 228 g/mol. The Kier molecular flexibility index (Phi) is 2.68. The Morgan fingerprint density at radius 1 is 1.56 bits per heavy atom. The lowest BCUT2D eigenvalue weighted by atomic mass is 10.1. The van der Waals surface area contributed by atoms with Gasteiger partial charge in [-0.3, -0.25) is 4.79 Å². The third-order valence-corrected chi connectivity index (χ3v) is 3.06. The minimum atomic E-state index is 0.00326. The van der Waals surface area contributed by atoms with E-state index in [1.807, 2.05) is 6.92 Å². The summed E-state index contributed by atoms with van der Waals surface area (Å²) >= 11 is 6.06. The molecule has 1 aliphatic rings. The molecule has 0 fully saturated rings. The molecule has 1 aromatic rings. The number of carbonyl (C=O) groups is 1. The van der Waals surface area contributed by atoms with Crippen LogP contribution in [0.25, 0.3) is 0 Å². The van der Waals surface area contributed by atoms with Gasteiger partial charge in [0.15, 0.2) is 5.75 Å². The van der Waals surface area contributed by atoms with Gasteiger partial charge < -0.3 is 15.4 Å². The minimum absolute atomic E-state index is 0.00326. The van der Waals surface area contributed by atoms with E-state index in [1.165, 1.54) is 0 Å². The molecule has 0 saturated carbocycles.